The molecule has 130 valence electrons. The van der Waals surface area contributed by atoms with Gasteiger partial charge < -0.3 is 10.2 Å². The summed E-state index contributed by atoms with van der Waals surface area (Å²) in [6.45, 7) is 3.92. The number of thiazole rings is 1. The van der Waals surface area contributed by atoms with E-state index in [0.29, 0.717) is 16.4 Å². The molecule has 1 saturated heterocycles. The highest BCUT2D eigenvalue weighted by Gasteiger charge is 2.20. The van der Waals surface area contributed by atoms with Crippen molar-refractivity contribution in [2.24, 2.45) is 7.05 Å². The first-order chi connectivity index (χ1) is 12.0. The van der Waals surface area contributed by atoms with Crippen molar-refractivity contribution in [2.75, 3.05) is 23.3 Å². The number of halogens is 1. The van der Waals surface area contributed by atoms with Crippen molar-refractivity contribution in [3.8, 4) is 0 Å². The molecule has 3 heterocycles. The molecular formula is C17H18ClN5OS. The van der Waals surface area contributed by atoms with Crippen molar-refractivity contribution in [1.29, 1.82) is 0 Å². The fraction of sp³-hybridized carbons (Fsp3) is 0.353. The quantitative estimate of drug-likeness (QED) is 0.755. The van der Waals surface area contributed by atoms with Crippen LogP contribution in [0.5, 0.6) is 0 Å². The van der Waals surface area contributed by atoms with Gasteiger partial charge in [0.25, 0.3) is 5.91 Å². The molecule has 0 aliphatic carbocycles. The summed E-state index contributed by atoms with van der Waals surface area (Å²) < 4.78 is 2.56. The smallest absolute Gasteiger partial charge is 0.260 e. The minimum Gasteiger partial charge on any atom is -0.348 e. The molecule has 1 aromatic carbocycles. The maximum atomic E-state index is 12.6. The normalized spacial score (nSPS) is 14.4. The molecule has 1 aliphatic rings. The molecule has 25 heavy (non-hydrogen) atoms. The number of aryl methyl sites for hydroxylation is 2. The molecule has 0 unspecified atom stereocenters. The van der Waals surface area contributed by atoms with Crippen LogP contribution in [0.4, 0.5) is 10.8 Å². The summed E-state index contributed by atoms with van der Waals surface area (Å²) in [7, 11) is 1.72. The lowest BCUT2D eigenvalue weighted by Crippen LogP contribution is -2.16. The Bertz CT molecular complexity index is 958. The van der Waals surface area contributed by atoms with E-state index in [0.717, 1.165) is 34.1 Å². The van der Waals surface area contributed by atoms with E-state index in [1.807, 2.05) is 18.2 Å². The van der Waals surface area contributed by atoms with Crippen LogP contribution < -0.4 is 10.2 Å². The maximum absolute atomic E-state index is 12.6. The predicted molar refractivity (Wildman–Crippen MR) is 102 cm³/mol. The molecule has 4 rings (SSSR count). The zero-order valence-corrected chi connectivity index (χ0v) is 15.6. The number of hydrogen-bond acceptors (Lipinski definition) is 5. The Morgan fingerprint density at radius 3 is 2.76 bits per heavy atom. The van der Waals surface area contributed by atoms with Gasteiger partial charge in [0.2, 0.25) is 0 Å². The Morgan fingerprint density at radius 1 is 1.32 bits per heavy atom. The zero-order valence-electron chi connectivity index (χ0n) is 14.0. The largest absolute Gasteiger partial charge is 0.348 e. The lowest BCUT2D eigenvalue weighted by Gasteiger charge is -2.11. The molecule has 2 aromatic heterocycles. The molecule has 1 amide bonds. The number of nitrogens with zero attached hydrogens (tertiary/aromatic N) is 4. The van der Waals surface area contributed by atoms with Gasteiger partial charge in [-0.05, 0) is 38.0 Å². The number of fused-ring (bicyclic) bond motifs is 1. The van der Waals surface area contributed by atoms with E-state index in [1.165, 1.54) is 17.5 Å². The third-order valence-corrected chi connectivity index (χ3v) is 5.90. The minimum absolute atomic E-state index is 0.251. The molecule has 0 spiro atoms. The van der Waals surface area contributed by atoms with Crippen molar-refractivity contribution >= 4 is 49.9 Å². The van der Waals surface area contributed by atoms with Gasteiger partial charge in [0.1, 0.15) is 5.15 Å². The van der Waals surface area contributed by atoms with Crippen LogP contribution in [0.25, 0.3) is 10.2 Å². The van der Waals surface area contributed by atoms with E-state index in [1.54, 1.807) is 25.3 Å². The predicted octanol–water partition coefficient (Wildman–Crippen LogP) is 3.84. The van der Waals surface area contributed by atoms with Gasteiger partial charge in [0.15, 0.2) is 5.13 Å². The Kier molecular flexibility index (Phi) is 4.13. The highest BCUT2D eigenvalue weighted by Crippen LogP contribution is 2.32. The fourth-order valence-corrected chi connectivity index (χ4v) is 4.43. The van der Waals surface area contributed by atoms with Crippen molar-refractivity contribution in [3.05, 3.63) is 34.6 Å². The summed E-state index contributed by atoms with van der Waals surface area (Å²) in [5.41, 5.74) is 2.71. The van der Waals surface area contributed by atoms with Gasteiger partial charge in [0, 0.05) is 25.8 Å². The molecule has 0 atom stereocenters. The van der Waals surface area contributed by atoms with E-state index in [-0.39, 0.29) is 5.91 Å². The van der Waals surface area contributed by atoms with Gasteiger partial charge >= 0.3 is 0 Å². The Balaban J connectivity index is 1.60. The molecule has 0 bridgehead atoms. The average molecular weight is 376 g/mol. The molecule has 8 heteroatoms. The maximum Gasteiger partial charge on any atom is 0.260 e. The van der Waals surface area contributed by atoms with Gasteiger partial charge in [-0.2, -0.15) is 5.10 Å². The second kappa shape index (κ2) is 6.31. The topological polar surface area (TPSA) is 63.1 Å². The fourth-order valence-electron chi connectivity index (χ4n) is 3.12. The monoisotopic (exact) mass is 375 g/mol. The molecule has 6 nitrogen and oxygen atoms in total. The first-order valence-corrected chi connectivity index (χ1v) is 9.38. The summed E-state index contributed by atoms with van der Waals surface area (Å²) >= 11 is 7.84. The summed E-state index contributed by atoms with van der Waals surface area (Å²) in [4.78, 5) is 19.6. The van der Waals surface area contributed by atoms with Crippen molar-refractivity contribution in [3.63, 3.8) is 0 Å². The third kappa shape index (κ3) is 2.98. The number of aromatic nitrogens is 3. The number of nitrogens with one attached hydrogen (secondary N) is 1. The average Bonchev–Trinajstić information content (AvgIpc) is 3.27. The summed E-state index contributed by atoms with van der Waals surface area (Å²) in [5, 5.41) is 8.49. The first kappa shape index (κ1) is 16.4. The van der Waals surface area contributed by atoms with Crippen molar-refractivity contribution in [1.82, 2.24) is 14.8 Å². The number of hydrogen-bond donors (Lipinski definition) is 1. The van der Waals surface area contributed by atoms with Crippen molar-refractivity contribution < 1.29 is 4.79 Å². The van der Waals surface area contributed by atoms with Crippen LogP contribution in [-0.4, -0.2) is 33.8 Å². The summed E-state index contributed by atoms with van der Waals surface area (Å²) in [6, 6.07) is 5.77. The number of benzene rings is 1. The molecule has 1 fully saturated rings. The summed E-state index contributed by atoms with van der Waals surface area (Å²) in [5.74, 6) is -0.251. The highest BCUT2D eigenvalue weighted by molar-refractivity contribution is 7.22. The molecule has 0 saturated carbocycles. The number of amides is 1. The van der Waals surface area contributed by atoms with Crippen LogP contribution in [-0.2, 0) is 7.05 Å². The molecule has 1 aliphatic heterocycles. The van der Waals surface area contributed by atoms with E-state index in [4.69, 9.17) is 16.6 Å². The van der Waals surface area contributed by atoms with Gasteiger partial charge in [-0.3, -0.25) is 9.48 Å². The Labute approximate surface area is 154 Å². The SMILES string of the molecule is Cc1nn(C)c(Cl)c1C(=O)Nc1ccc2nc(N3CCCC3)sc2c1. The Morgan fingerprint density at radius 2 is 2.08 bits per heavy atom. The van der Waals surface area contributed by atoms with Crippen LogP contribution in [0.15, 0.2) is 18.2 Å². The second-order valence-electron chi connectivity index (χ2n) is 6.20. The van der Waals surface area contributed by atoms with Crippen LogP contribution >= 0.6 is 22.9 Å². The van der Waals surface area contributed by atoms with Crippen molar-refractivity contribution in [2.45, 2.75) is 19.8 Å². The number of rotatable bonds is 3. The molecule has 1 N–H and O–H groups in total. The molecular weight excluding hydrogens is 358 g/mol. The van der Waals surface area contributed by atoms with E-state index in [9.17, 15) is 4.79 Å². The second-order valence-corrected chi connectivity index (χ2v) is 7.57. The van der Waals surface area contributed by atoms with E-state index < -0.39 is 0 Å². The van der Waals surface area contributed by atoms with E-state index >= 15 is 0 Å². The first-order valence-electron chi connectivity index (χ1n) is 8.19. The van der Waals surface area contributed by atoms with Gasteiger partial charge in [-0.15, -0.1) is 0 Å². The van der Waals surface area contributed by atoms with E-state index in [2.05, 4.69) is 15.3 Å². The number of anilines is 2. The molecule has 3 aromatic rings. The van der Waals surface area contributed by atoms with Crippen LogP contribution in [0.2, 0.25) is 5.15 Å². The number of carbonyl (C=O) groups is 1. The Hall–Kier alpha value is -2.12. The minimum atomic E-state index is -0.251. The highest BCUT2D eigenvalue weighted by atomic mass is 35.5. The van der Waals surface area contributed by atoms with Crippen LogP contribution in [0, 0.1) is 6.92 Å². The standard InChI is InChI=1S/C17H18ClN5OS/c1-10-14(15(18)22(2)21-10)16(24)19-11-5-6-12-13(9-11)25-17(20-12)23-7-3-4-8-23/h5-6,9H,3-4,7-8H2,1-2H3,(H,19,24). The lowest BCUT2D eigenvalue weighted by molar-refractivity contribution is 0.102. The zero-order chi connectivity index (χ0) is 17.6. The van der Waals surface area contributed by atoms with Crippen LogP contribution in [0.1, 0.15) is 28.9 Å². The lowest BCUT2D eigenvalue weighted by atomic mass is 10.2. The summed E-state index contributed by atoms with van der Waals surface area (Å²) in [6.07, 6.45) is 2.45. The number of carbonyl (C=O) groups excluding carboxylic acids is 1. The van der Waals surface area contributed by atoms with Gasteiger partial charge in [-0.1, -0.05) is 22.9 Å². The van der Waals surface area contributed by atoms with Gasteiger partial charge in [0.05, 0.1) is 21.5 Å². The van der Waals surface area contributed by atoms with Crippen LogP contribution in [0.3, 0.4) is 0 Å². The molecule has 0 radical (unpaired) electrons. The third-order valence-electron chi connectivity index (χ3n) is 4.39. The van der Waals surface area contributed by atoms with Gasteiger partial charge in [-0.25, -0.2) is 4.98 Å².